The van der Waals surface area contributed by atoms with Gasteiger partial charge in [-0.3, -0.25) is 4.98 Å². The Bertz CT molecular complexity index is 561. The third-order valence-corrected chi connectivity index (χ3v) is 2.38. The van der Waals surface area contributed by atoms with Crippen LogP contribution in [0.2, 0.25) is 0 Å². The van der Waals surface area contributed by atoms with Crippen molar-refractivity contribution in [2.24, 2.45) is 0 Å². The fourth-order valence-corrected chi connectivity index (χ4v) is 1.49. The Hall–Kier alpha value is -2.11. The van der Waals surface area contributed by atoms with Crippen LogP contribution in [0.25, 0.3) is 11.3 Å². The second kappa shape index (κ2) is 4.29. The summed E-state index contributed by atoms with van der Waals surface area (Å²) < 4.78 is 50.4. The number of hydrogen-bond donors (Lipinski definition) is 1. The molecule has 6 heteroatoms. The van der Waals surface area contributed by atoms with Crippen LogP contribution in [0, 0.1) is 5.82 Å². The first-order chi connectivity index (χ1) is 8.38. The van der Waals surface area contributed by atoms with E-state index in [1.54, 1.807) is 0 Å². The van der Waals surface area contributed by atoms with Crippen molar-refractivity contribution in [3.05, 3.63) is 47.9 Å². The number of aromatic nitrogens is 1. The highest BCUT2D eigenvalue weighted by atomic mass is 19.4. The number of nitrogens with two attached hydrogens (primary N) is 1. The Kier molecular flexibility index (Phi) is 2.94. The van der Waals surface area contributed by atoms with Gasteiger partial charge in [-0.1, -0.05) is 0 Å². The van der Waals surface area contributed by atoms with Crippen LogP contribution < -0.4 is 5.73 Å². The van der Waals surface area contributed by atoms with Crippen molar-refractivity contribution in [3.63, 3.8) is 0 Å². The zero-order chi connectivity index (χ0) is 13.3. The van der Waals surface area contributed by atoms with Crippen molar-refractivity contribution in [1.29, 1.82) is 0 Å². The topological polar surface area (TPSA) is 38.9 Å². The number of anilines is 1. The molecule has 0 spiro atoms. The normalized spacial score (nSPS) is 11.6. The molecule has 1 aromatic carbocycles. The molecule has 0 unspecified atom stereocenters. The number of hydrogen-bond acceptors (Lipinski definition) is 2. The Morgan fingerprint density at radius 3 is 2.33 bits per heavy atom. The number of halogens is 4. The lowest BCUT2D eigenvalue weighted by Gasteiger charge is -2.10. The molecule has 94 valence electrons. The number of benzene rings is 1. The van der Waals surface area contributed by atoms with Gasteiger partial charge in [0, 0.05) is 11.3 Å². The molecule has 18 heavy (non-hydrogen) atoms. The smallest absolute Gasteiger partial charge is 0.398 e. The molecule has 2 rings (SSSR count). The zero-order valence-electron chi connectivity index (χ0n) is 9.00. The van der Waals surface area contributed by atoms with Crippen molar-refractivity contribution in [3.8, 4) is 11.3 Å². The molecule has 1 heterocycles. The molecule has 2 N–H and O–H groups in total. The zero-order valence-corrected chi connectivity index (χ0v) is 9.00. The van der Waals surface area contributed by atoms with Gasteiger partial charge in [-0.15, -0.1) is 0 Å². The van der Waals surface area contributed by atoms with Gasteiger partial charge in [0.05, 0.1) is 17.5 Å². The molecule has 0 aliphatic rings. The van der Waals surface area contributed by atoms with Gasteiger partial charge in [0.2, 0.25) is 0 Å². The molecule has 0 amide bonds. The Labute approximate surface area is 100 Å². The van der Waals surface area contributed by atoms with Crippen LogP contribution in [-0.4, -0.2) is 4.98 Å². The van der Waals surface area contributed by atoms with E-state index in [4.69, 9.17) is 5.73 Å². The number of alkyl halides is 3. The monoisotopic (exact) mass is 256 g/mol. The van der Waals surface area contributed by atoms with Gasteiger partial charge >= 0.3 is 6.18 Å². The molecule has 0 bridgehead atoms. The van der Waals surface area contributed by atoms with E-state index in [1.807, 2.05) is 0 Å². The maximum atomic E-state index is 12.7. The van der Waals surface area contributed by atoms with E-state index in [0.29, 0.717) is 0 Å². The molecule has 1 aromatic heterocycles. The Morgan fingerprint density at radius 1 is 1.06 bits per heavy atom. The van der Waals surface area contributed by atoms with E-state index in [1.165, 1.54) is 6.07 Å². The number of pyridine rings is 1. The number of nitrogens with zero attached hydrogens (tertiary/aromatic N) is 1. The number of nitrogen functional groups attached to an aromatic ring is 1. The van der Waals surface area contributed by atoms with Gasteiger partial charge in [-0.2, -0.15) is 13.2 Å². The van der Waals surface area contributed by atoms with Gasteiger partial charge in [-0.25, -0.2) is 4.39 Å². The van der Waals surface area contributed by atoms with Gasteiger partial charge in [-0.05, 0) is 30.3 Å². The second-order valence-corrected chi connectivity index (χ2v) is 3.66. The fraction of sp³-hybridized carbons (Fsp3) is 0.0833. The number of rotatable bonds is 1. The third kappa shape index (κ3) is 2.42. The summed E-state index contributed by atoms with van der Waals surface area (Å²) in [5, 5.41) is 0. The lowest BCUT2D eigenvalue weighted by molar-refractivity contribution is -0.137. The second-order valence-electron chi connectivity index (χ2n) is 3.66. The maximum Gasteiger partial charge on any atom is 0.416 e. The summed E-state index contributed by atoms with van der Waals surface area (Å²) in [6, 6.07) is 5.34. The van der Waals surface area contributed by atoms with Crippen molar-refractivity contribution in [2.45, 2.75) is 6.18 Å². The summed E-state index contributed by atoms with van der Waals surface area (Å²) >= 11 is 0. The van der Waals surface area contributed by atoms with E-state index < -0.39 is 17.6 Å². The van der Waals surface area contributed by atoms with Crippen molar-refractivity contribution < 1.29 is 17.6 Å². The van der Waals surface area contributed by atoms with Gasteiger partial charge in [0.25, 0.3) is 0 Å². The first kappa shape index (κ1) is 12.3. The predicted octanol–water partition coefficient (Wildman–Crippen LogP) is 3.49. The molecular formula is C12H8F4N2. The molecule has 0 aliphatic carbocycles. The van der Waals surface area contributed by atoms with Crippen LogP contribution >= 0.6 is 0 Å². The fourth-order valence-electron chi connectivity index (χ4n) is 1.49. The molecule has 0 saturated heterocycles. The molecule has 0 saturated carbocycles. The average molecular weight is 256 g/mol. The van der Waals surface area contributed by atoms with Crippen molar-refractivity contribution in [1.82, 2.24) is 4.98 Å². The lowest BCUT2D eigenvalue weighted by Crippen LogP contribution is -2.06. The minimum atomic E-state index is -4.46. The van der Waals surface area contributed by atoms with Crippen LogP contribution in [0.4, 0.5) is 23.2 Å². The van der Waals surface area contributed by atoms with Crippen LogP contribution in [0.1, 0.15) is 5.56 Å². The lowest BCUT2D eigenvalue weighted by atomic mass is 10.0. The molecule has 2 nitrogen and oxygen atoms in total. The first-order valence-corrected chi connectivity index (χ1v) is 4.96. The van der Waals surface area contributed by atoms with E-state index in [-0.39, 0.29) is 16.9 Å². The quantitative estimate of drug-likeness (QED) is 0.626. The molecule has 0 fully saturated rings. The first-order valence-electron chi connectivity index (χ1n) is 4.96. The van der Waals surface area contributed by atoms with Crippen LogP contribution in [-0.2, 0) is 6.18 Å². The van der Waals surface area contributed by atoms with Gasteiger partial charge < -0.3 is 5.73 Å². The third-order valence-electron chi connectivity index (χ3n) is 2.38. The molecular weight excluding hydrogens is 248 g/mol. The predicted molar refractivity (Wildman–Crippen MR) is 59.0 cm³/mol. The van der Waals surface area contributed by atoms with Crippen LogP contribution in [0.3, 0.4) is 0 Å². The minimum absolute atomic E-state index is 0.129. The standard InChI is InChI=1S/C12H8F4N2/c13-8-2-4-11(18-6-8)9-5-7(12(14,15)16)1-3-10(9)17/h1-6H,17H2. The largest absolute Gasteiger partial charge is 0.416 e. The summed E-state index contributed by atoms with van der Waals surface area (Å²) in [6.45, 7) is 0. The minimum Gasteiger partial charge on any atom is -0.398 e. The summed E-state index contributed by atoms with van der Waals surface area (Å²) in [5.74, 6) is -0.565. The summed E-state index contributed by atoms with van der Waals surface area (Å²) in [7, 11) is 0. The van der Waals surface area contributed by atoms with E-state index in [2.05, 4.69) is 4.98 Å². The molecule has 0 radical (unpaired) electrons. The highest BCUT2D eigenvalue weighted by Crippen LogP contribution is 2.34. The average Bonchev–Trinajstić information content (AvgIpc) is 2.29. The highest BCUT2D eigenvalue weighted by Gasteiger charge is 2.31. The van der Waals surface area contributed by atoms with E-state index in [9.17, 15) is 17.6 Å². The maximum absolute atomic E-state index is 12.7. The van der Waals surface area contributed by atoms with Crippen molar-refractivity contribution in [2.75, 3.05) is 5.73 Å². The molecule has 0 aliphatic heterocycles. The summed E-state index contributed by atoms with van der Waals surface area (Å²) in [4.78, 5) is 3.71. The summed E-state index contributed by atoms with van der Waals surface area (Å²) in [5.41, 5.74) is 5.26. The van der Waals surface area contributed by atoms with Crippen LogP contribution in [0.5, 0.6) is 0 Å². The Morgan fingerprint density at radius 2 is 1.78 bits per heavy atom. The Balaban J connectivity index is 2.53. The van der Waals surface area contributed by atoms with E-state index in [0.717, 1.165) is 30.5 Å². The van der Waals surface area contributed by atoms with E-state index >= 15 is 0 Å². The van der Waals surface area contributed by atoms with Gasteiger partial charge in [0.15, 0.2) is 0 Å². The van der Waals surface area contributed by atoms with Crippen LogP contribution in [0.15, 0.2) is 36.5 Å². The highest BCUT2D eigenvalue weighted by molar-refractivity contribution is 5.74. The summed E-state index contributed by atoms with van der Waals surface area (Å²) in [6.07, 6.45) is -3.53. The van der Waals surface area contributed by atoms with Gasteiger partial charge in [0.1, 0.15) is 5.82 Å². The van der Waals surface area contributed by atoms with Crippen molar-refractivity contribution >= 4 is 5.69 Å². The molecule has 2 aromatic rings. The SMILES string of the molecule is Nc1ccc(C(F)(F)F)cc1-c1ccc(F)cn1. The molecule has 0 atom stereocenters.